The molecule has 0 aliphatic carbocycles. The molecule has 0 N–H and O–H groups in total. The first kappa shape index (κ1) is 10.8. The number of aromatic nitrogens is 2. The Kier molecular flexibility index (Phi) is 3.68. The van der Waals surface area contributed by atoms with Gasteiger partial charge < -0.3 is 9.64 Å². The number of rotatable bonds is 4. The molecule has 0 saturated carbocycles. The van der Waals surface area contributed by atoms with Crippen molar-refractivity contribution in [1.82, 2.24) is 9.97 Å². The Morgan fingerprint density at radius 1 is 1.36 bits per heavy atom. The van der Waals surface area contributed by atoms with Crippen molar-refractivity contribution in [1.29, 1.82) is 0 Å². The van der Waals surface area contributed by atoms with Gasteiger partial charge in [0, 0.05) is 25.9 Å². The molecule has 1 rings (SSSR count). The van der Waals surface area contributed by atoms with Gasteiger partial charge in [-0.3, -0.25) is 0 Å². The van der Waals surface area contributed by atoms with Crippen LogP contribution in [0.2, 0.25) is 0 Å². The number of ether oxygens (including phenoxy) is 1. The van der Waals surface area contributed by atoms with Gasteiger partial charge in [0.1, 0.15) is 5.82 Å². The molecule has 0 atom stereocenters. The summed E-state index contributed by atoms with van der Waals surface area (Å²) in [6.45, 7) is 4.61. The van der Waals surface area contributed by atoms with E-state index < -0.39 is 0 Å². The van der Waals surface area contributed by atoms with Gasteiger partial charge in [-0.15, -0.1) is 0 Å². The van der Waals surface area contributed by atoms with Gasteiger partial charge in [0.25, 0.3) is 0 Å². The zero-order valence-corrected chi connectivity index (χ0v) is 9.24. The van der Waals surface area contributed by atoms with Gasteiger partial charge in [0.2, 0.25) is 0 Å². The van der Waals surface area contributed by atoms with Crippen molar-refractivity contribution in [3.05, 3.63) is 11.8 Å². The van der Waals surface area contributed by atoms with E-state index in [2.05, 4.69) is 16.9 Å². The molecule has 0 bridgehead atoms. The summed E-state index contributed by atoms with van der Waals surface area (Å²) in [6, 6.07) is 0.452. The molecular weight excluding hydrogens is 178 g/mol. The third-order valence-electron chi connectivity index (χ3n) is 1.90. The lowest BCUT2D eigenvalue weighted by Gasteiger charge is -2.15. The van der Waals surface area contributed by atoms with E-state index in [1.165, 1.54) is 0 Å². The van der Waals surface area contributed by atoms with Crippen molar-refractivity contribution in [2.75, 3.05) is 25.6 Å². The molecule has 0 radical (unpaired) electrons. The second-order valence-corrected chi connectivity index (χ2v) is 3.18. The van der Waals surface area contributed by atoms with Crippen LogP contribution >= 0.6 is 0 Å². The highest BCUT2D eigenvalue weighted by atomic mass is 16.5. The van der Waals surface area contributed by atoms with Crippen LogP contribution in [0.15, 0.2) is 6.20 Å². The second kappa shape index (κ2) is 4.79. The zero-order chi connectivity index (χ0) is 10.6. The van der Waals surface area contributed by atoms with E-state index in [9.17, 15) is 0 Å². The topological polar surface area (TPSA) is 38.2 Å². The Balaban J connectivity index is 3.01. The first-order valence-corrected chi connectivity index (χ1v) is 4.85. The molecule has 1 heterocycles. The van der Waals surface area contributed by atoms with Gasteiger partial charge in [0.15, 0.2) is 0 Å². The molecule has 1 aromatic rings. The van der Waals surface area contributed by atoms with Crippen LogP contribution in [0.25, 0.3) is 0 Å². The summed E-state index contributed by atoms with van der Waals surface area (Å²) in [7, 11) is 3.94. The Hall–Kier alpha value is -1.32. The van der Waals surface area contributed by atoms with Crippen LogP contribution in [0.5, 0.6) is 6.01 Å². The third-order valence-corrected chi connectivity index (χ3v) is 1.90. The SMILES string of the molecule is CCOc1ncc(CC)c(N(C)C)n1. The normalized spacial score (nSPS) is 10.0. The second-order valence-electron chi connectivity index (χ2n) is 3.18. The van der Waals surface area contributed by atoms with Crippen LogP contribution in [0.3, 0.4) is 0 Å². The fourth-order valence-corrected chi connectivity index (χ4v) is 1.22. The molecular formula is C10H17N3O. The number of anilines is 1. The lowest BCUT2D eigenvalue weighted by Crippen LogP contribution is -2.14. The van der Waals surface area contributed by atoms with Crippen LogP contribution in [0, 0.1) is 0 Å². The number of hydrogen-bond donors (Lipinski definition) is 0. The molecule has 0 spiro atoms. The van der Waals surface area contributed by atoms with Crippen molar-refractivity contribution < 1.29 is 4.74 Å². The summed E-state index contributed by atoms with van der Waals surface area (Å²) in [5, 5.41) is 0. The quantitative estimate of drug-likeness (QED) is 0.729. The van der Waals surface area contributed by atoms with Crippen molar-refractivity contribution >= 4 is 5.82 Å². The van der Waals surface area contributed by atoms with Gasteiger partial charge in [0.05, 0.1) is 6.61 Å². The number of aryl methyl sites for hydroxylation is 1. The molecule has 0 unspecified atom stereocenters. The maximum absolute atomic E-state index is 5.25. The minimum atomic E-state index is 0.452. The van der Waals surface area contributed by atoms with Crippen molar-refractivity contribution in [2.45, 2.75) is 20.3 Å². The van der Waals surface area contributed by atoms with Crippen molar-refractivity contribution in [3.63, 3.8) is 0 Å². The van der Waals surface area contributed by atoms with Gasteiger partial charge in [-0.05, 0) is 13.3 Å². The van der Waals surface area contributed by atoms with Gasteiger partial charge in [-0.1, -0.05) is 6.92 Å². The highest BCUT2D eigenvalue weighted by Crippen LogP contribution is 2.17. The first-order valence-electron chi connectivity index (χ1n) is 4.85. The van der Waals surface area contributed by atoms with E-state index in [4.69, 9.17) is 4.74 Å². The predicted molar refractivity (Wildman–Crippen MR) is 56.9 cm³/mol. The van der Waals surface area contributed by atoms with Crippen molar-refractivity contribution in [2.24, 2.45) is 0 Å². The van der Waals surface area contributed by atoms with Crippen LogP contribution in [0.1, 0.15) is 19.4 Å². The summed E-state index contributed by atoms with van der Waals surface area (Å²) >= 11 is 0. The fraction of sp³-hybridized carbons (Fsp3) is 0.600. The Labute approximate surface area is 84.9 Å². The van der Waals surface area contributed by atoms with E-state index in [1.807, 2.05) is 32.1 Å². The standard InChI is InChI=1S/C10H17N3O/c1-5-8-7-11-10(14-6-2)12-9(8)13(3)4/h7H,5-6H2,1-4H3. The lowest BCUT2D eigenvalue weighted by atomic mass is 10.2. The van der Waals surface area contributed by atoms with E-state index in [-0.39, 0.29) is 0 Å². The molecule has 0 aromatic carbocycles. The molecule has 1 aromatic heterocycles. The minimum Gasteiger partial charge on any atom is -0.464 e. The molecule has 0 aliphatic heterocycles. The summed E-state index contributed by atoms with van der Waals surface area (Å²) in [4.78, 5) is 10.4. The summed E-state index contributed by atoms with van der Waals surface area (Å²) < 4.78 is 5.25. The van der Waals surface area contributed by atoms with E-state index in [1.54, 1.807) is 0 Å². The minimum absolute atomic E-state index is 0.452. The molecule has 4 nitrogen and oxygen atoms in total. The maximum atomic E-state index is 5.25. The largest absolute Gasteiger partial charge is 0.464 e. The zero-order valence-electron chi connectivity index (χ0n) is 9.24. The van der Waals surface area contributed by atoms with Gasteiger partial charge in [-0.25, -0.2) is 4.98 Å². The molecule has 0 saturated heterocycles. The van der Waals surface area contributed by atoms with Crippen LogP contribution in [-0.2, 0) is 6.42 Å². The van der Waals surface area contributed by atoms with Gasteiger partial charge in [-0.2, -0.15) is 4.98 Å². The molecule has 0 fully saturated rings. The van der Waals surface area contributed by atoms with Crippen LogP contribution in [0.4, 0.5) is 5.82 Å². The van der Waals surface area contributed by atoms with Crippen LogP contribution in [-0.4, -0.2) is 30.7 Å². The Morgan fingerprint density at radius 2 is 2.07 bits per heavy atom. The average Bonchev–Trinajstić information content (AvgIpc) is 2.18. The number of hydrogen-bond acceptors (Lipinski definition) is 4. The number of nitrogens with zero attached hydrogens (tertiary/aromatic N) is 3. The molecule has 0 amide bonds. The van der Waals surface area contributed by atoms with Crippen molar-refractivity contribution in [3.8, 4) is 6.01 Å². The smallest absolute Gasteiger partial charge is 0.318 e. The van der Waals surface area contributed by atoms with Crippen LogP contribution < -0.4 is 9.64 Å². The Bertz CT molecular complexity index is 299. The molecule has 78 valence electrons. The monoisotopic (exact) mass is 195 g/mol. The molecule has 4 heteroatoms. The average molecular weight is 195 g/mol. The van der Waals surface area contributed by atoms with E-state index in [0.717, 1.165) is 17.8 Å². The molecule has 14 heavy (non-hydrogen) atoms. The van der Waals surface area contributed by atoms with E-state index in [0.29, 0.717) is 12.6 Å². The Morgan fingerprint density at radius 3 is 2.57 bits per heavy atom. The predicted octanol–water partition coefficient (Wildman–Crippen LogP) is 1.50. The fourth-order valence-electron chi connectivity index (χ4n) is 1.22. The first-order chi connectivity index (χ1) is 6.69. The summed E-state index contributed by atoms with van der Waals surface area (Å²) in [5.74, 6) is 0.936. The highest BCUT2D eigenvalue weighted by Gasteiger charge is 2.07. The maximum Gasteiger partial charge on any atom is 0.318 e. The highest BCUT2D eigenvalue weighted by molar-refractivity contribution is 5.45. The summed E-state index contributed by atoms with van der Waals surface area (Å²) in [6.07, 6.45) is 2.76. The summed E-state index contributed by atoms with van der Waals surface area (Å²) in [5.41, 5.74) is 1.14. The molecule has 0 aliphatic rings. The third kappa shape index (κ3) is 2.34. The van der Waals surface area contributed by atoms with E-state index >= 15 is 0 Å². The lowest BCUT2D eigenvalue weighted by molar-refractivity contribution is 0.312. The van der Waals surface area contributed by atoms with Gasteiger partial charge >= 0.3 is 6.01 Å².